The molecule has 0 aliphatic carbocycles. The highest BCUT2D eigenvalue weighted by molar-refractivity contribution is 5.73. The summed E-state index contributed by atoms with van der Waals surface area (Å²) in [6.07, 6.45) is -4.71. The van der Waals surface area contributed by atoms with E-state index in [0.717, 1.165) is 16.9 Å². The number of hydrogen-bond acceptors (Lipinski definition) is 18. The number of aryl methyl sites for hydroxylation is 1. The van der Waals surface area contributed by atoms with E-state index in [2.05, 4.69) is 20.3 Å². The van der Waals surface area contributed by atoms with Crippen LogP contribution in [0.2, 0.25) is 0 Å². The van der Waals surface area contributed by atoms with Crippen LogP contribution in [0.15, 0.2) is 36.5 Å². The Kier molecular flexibility index (Phi) is 20.7. The number of alkyl halides is 1. The quantitative estimate of drug-likeness (QED) is 0.117. The van der Waals surface area contributed by atoms with Gasteiger partial charge in [0.15, 0.2) is 12.6 Å². The molecule has 5 heterocycles. The maximum Gasteiger partial charge on any atom is 0.311 e. The number of esters is 1. The van der Waals surface area contributed by atoms with Crippen molar-refractivity contribution in [2.75, 3.05) is 53.8 Å². The lowest BCUT2D eigenvalue weighted by atomic mass is 9.77. The molecule has 430 valence electrons. The van der Waals surface area contributed by atoms with Crippen LogP contribution in [0.5, 0.6) is 0 Å². The number of halogens is 1. The standard InChI is InChI=1S/C55H91FN8O12/c1-16-43-55(11,69)49(65)36(7)62(13)29-31(2)26-53(9,68)51(34(5)47(35(6)52(67)74-43)75-46-27-54(10,71-15)50(66)37(8)73-46)76-45-25-41(24-33(4)72-45)61(12)22-21-39-30-63(60-58-39)42(28-56)48(70-14)38-17-19-40(20-18-38)64-44(57)23-32(3)59-64/h17-20,23,30-31,33-37,41-43,45-51,65-66,68-69H,16,21-22,24-29,57H2,1-15H3/t31-,33-,34+,35-,36-,37+,41+,42-,43-,45+,46+,47+,48-,49-,50+,51-,53-,54-,55-/m1/s1. The summed E-state index contributed by atoms with van der Waals surface area (Å²) in [5, 5.41) is 60.8. The van der Waals surface area contributed by atoms with Crippen molar-refractivity contribution >= 4 is 11.8 Å². The predicted molar refractivity (Wildman–Crippen MR) is 283 cm³/mol. The van der Waals surface area contributed by atoms with E-state index in [4.69, 9.17) is 38.9 Å². The summed E-state index contributed by atoms with van der Waals surface area (Å²) in [6, 6.07) is 7.90. The highest BCUT2D eigenvalue weighted by atomic mass is 19.1. The summed E-state index contributed by atoms with van der Waals surface area (Å²) in [5.41, 5.74) is 4.74. The third-order valence-electron chi connectivity index (χ3n) is 16.7. The van der Waals surface area contributed by atoms with E-state index in [1.807, 2.05) is 77.9 Å². The van der Waals surface area contributed by atoms with Gasteiger partial charge in [0.05, 0.1) is 58.6 Å². The van der Waals surface area contributed by atoms with E-state index in [1.165, 1.54) is 18.7 Å². The molecule has 0 saturated carbocycles. The lowest BCUT2D eigenvalue weighted by Gasteiger charge is -2.48. The van der Waals surface area contributed by atoms with Crippen molar-refractivity contribution in [3.63, 3.8) is 0 Å². The number of carbonyl (C=O) groups excluding carboxylic acids is 1. The van der Waals surface area contributed by atoms with Crippen LogP contribution in [-0.4, -0.2) is 193 Å². The molecule has 21 heteroatoms. The highest BCUT2D eigenvalue weighted by Crippen LogP contribution is 2.41. The maximum atomic E-state index is 14.9. The van der Waals surface area contributed by atoms with Gasteiger partial charge < -0.3 is 69.1 Å². The van der Waals surface area contributed by atoms with E-state index < -0.39 is 109 Å². The van der Waals surface area contributed by atoms with Gasteiger partial charge in [-0.15, -0.1) is 5.10 Å². The van der Waals surface area contributed by atoms with Crippen LogP contribution in [0.4, 0.5) is 10.2 Å². The van der Waals surface area contributed by atoms with Gasteiger partial charge in [-0.2, -0.15) is 5.10 Å². The molecule has 0 unspecified atom stereocenters. The summed E-state index contributed by atoms with van der Waals surface area (Å²) in [4.78, 5) is 18.7. The average Bonchev–Trinajstić information content (AvgIpc) is 3.99. The summed E-state index contributed by atoms with van der Waals surface area (Å²) < 4.78 is 62.7. The zero-order valence-corrected chi connectivity index (χ0v) is 47.7. The molecular formula is C55H91FN8O12. The van der Waals surface area contributed by atoms with Crippen molar-refractivity contribution in [2.45, 2.75) is 211 Å². The Bertz CT molecular complexity index is 2310. The van der Waals surface area contributed by atoms with E-state index >= 15 is 0 Å². The molecular weight excluding hydrogens is 984 g/mol. The minimum Gasteiger partial charge on any atom is -0.459 e. The van der Waals surface area contributed by atoms with Crippen LogP contribution >= 0.6 is 0 Å². The number of benzene rings is 1. The van der Waals surface area contributed by atoms with Gasteiger partial charge >= 0.3 is 5.97 Å². The minimum atomic E-state index is -1.83. The number of nitrogens with zero attached hydrogens (tertiary/aromatic N) is 7. The first-order valence-electron chi connectivity index (χ1n) is 27.2. The van der Waals surface area contributed by atoms with Gasteiger partial charge in [-0.3, -0.25) is 4.79 Å². The van der Waals surface area contributed by atoms with Crippen LogP contribution < -0.4 is 5.73 Å². The number of likely N-dealkylation sites (N-methyl/N-ethyl adjacent to an activating group) is 2. The second kappa shape index (κ2) is 25.6. The minimum absolute atomic E-state index is 0.0257. The Morgan fingerprint density at radius 2 is 1.66 bits per heavy atom. The van der Waals surface area contributed by atoms with Gasteiger partial charge in [-0.25, -0.2) is 13.8 Å². The van der Waals surface area contributed by atoms with Gasteiger partial charge in [-0.05, 0) is 112 Å². The van der Waals surface area contributed by atoms with E-state index in [0.29, 0.717) is 43.9 Å². The molecule has 2 aromatic heterocycles. The number of carbonyl (C=O) groups is 1. The largest absolute Gasteiger partial charge is 0.459 e. The molecule has 3 saturated heterocycles. The molecule has 3 fully saturated rings. The summed E-state index contributed by atoms with van der Waals surface area (Å²) >= 11 is 0. The van der Waals surface area contributed by atoms with Crippen LogP contribution in [0, 0.1) is 24.7 Å². The molecule has 1 aromatic carbocycles. The fourth-order valence-electron chi connectivity index (χ4n) is 12.0. The molecule has 20 nitrogen and oxygen atoms in total. The molecule has 19 atom stereocenters. The normalized spacial score (nSPS) is 37.6. The third-order valence-corrected chi connectivity index (χ3v) is 16.7. The van der Waals surface area contributed by atoms with Gasteiger partial charge in [0, 0.05) is 76.8 Å². The van der Waals surface area contributed by atoms with Crippen molar-refractivity contribution in [1.82, 2.24) is 34.6 Å². The molecule has 3 aliphatic rings. The number of rotatable bonds is 16. The Morgan fingerprint density at radius 1 is 0.974 bits per heavy atom. The van der Waals surface area contributed by atoms with Gasteiger partial charge in [0.1, 0.15) is 48.6 Å². The van der Waals surface area contributed by atoms with E-state index in [1.54, 1.807) is 58.7 Å². The Balaban J connectivity index is 1.23. The fraction of sp³-hybridized carbons (Fsp3) is 0.782. The third kappa shape index (κ3) is 14.0. The maximum absolute atomic E-state index is 14.9. The van der Waals surface area contributed by atoms with Crippen molar-refractivity contribution in [2.24, 2.45) is 17.8 Å². The number of anilines is 1. The van der Waals surface area contributed by atoms with Crippen LogP contribution in [0.3, 0.4) is 0 Å². The van der Waals surface area contributed by atoms with Crippen molar-refractivity contribution in [3.8, 4) is 5.69 Å². The highest BCUT2D eigenvalue weighted by Gasteiger charge is 2.52. The monoisotopic (exact) mass is 1070 g/mol. The Hall–Kier alpha value is -3.71. The molecule has 0 bridgehead atoms. The number of ether oxygens (including phenoxy) is 7. The molecule has 76 heavy (non-hydrogen) atoms. The van der Waals surface area contributed by atoms with Crippen LogP contribution in [0.25, 0.3) is 5.69 Å². The van der Waals surface area contributed by atoms with Gasteiger partial charge in [0.2, 0.25) is 0 Å². The van der Waals surface area contributed by atoms with Gasteiger partial charge in [0.25, 0.3) is 0 Å². The first-order valence-corrected chi connectivity index (χ1v) is 27.2. The van der Waals surface area contributed by atoms with Crippen LogP contribution in [-0.2, 0) is 44.4 Å². The van der Waals surface area contributed by atoms with Crippen molar-refractivity contribution in [1.29, 1.82) is 0 Å². The SMILES string of the molecule is CC[C@H]1OC(=O)[C@H](C)[C@@H](O[C@H]2C[C@@](C)(OC)[C@@H](O)[C@H](C)O2)[C@H](C)[C@@H](O[C@H]2C[C@@H](N(C)CCc3cn([C@H](CF)[C@H](OC)c4ccc(-n5nc(C)cc5N)cc4)nn3)C[C@@H](C)O2)[C@](C)(O)C[C@@H](C)CN(C)[C@H](C)[C@@H](O)[C@]1(C)O. The molecule has 0 spiro atoms. The fourth-order valence-corrected chi connectivity index (χ4v) is 12.0. The second-order valence-electron chi connectivity index (χ2n) is 23.1. The number of nitrogens with two attached hydrogens (primary N) is 1. The molecule has 0 amide bonds. The van der Waals surface area contributed by atoms with Crippen LogP contribution in [0.1, 0.15) is 130 Å². The van der Waals surface area contributed by atoms with E-state index in [9.17, 15) is 29.6 Å². The smallest absolute Gasteiger partial charge is 0.311 e. The zero-order valence-electron chi connectivity index (χ0n) is 47.7. The average molecular weight is 1080 g/mol. The lowest BCUT2D eigenvalue weighted by molar-refractivity contribution is -0.308. The number of nitrogen functional groups attached to an aromatic ring is 1. The number of cyclic esters (lactones) is 1. The predicted octanol–water partition coefficient (Wildman–Crippen LogP) is 5.11. The Labute approximate surface area is 449 Å². The number of hydrogen-bond donors (Lipinski definition) is 5. The summed E-state index contributed by atoms with van der Waals surface area (Å²) in [5.74, 6) is -2.07. The second-order valence-corrected chi connectivity index (χ2v) is 23.1. The number of aliphatic hydroxyl groups excluding tert-OH is 2. The summed E-state index contributed by atoms with van der Waals surface area (Å²) in [6.45, 7) is 20.0. The first kappa shape index (κ1) is 61.5. The van der Waals surface area contributed by atoms with E-state index in [-0.39, 0.29) is 37.3 Å². The Morgan fingerprint density at radius 3 is 2.26 bits per heavy atom. The van der Waals surface area contributed by atoms with Crippen molar-refractivity contribution < 1.29 is 62.8 Å². The molecule has 6 N–H and O–H groups in total. The number of methoxy groups -OCH3 is 2. The molecule has 3 aromatic rings. The summed E-state index contributed by atoms with van der Waals surface area (Å²) in [7, 11) is 6.95. The zero-order chi connectivity index (χ0) is 56.2. The van der Waals surface area contributed by atoms with Gasteiger partial charge in [-0.1, -0.05) is 38.1 Å². The van der Waals surface area contributed by atoms with Crippen molar-refractivity contribution in [3.05, 3.63) is 53.5 Å². The first-order chi connectivity index (χ1) is 35.7. The number of aliphatic hydroxyl groups is 4. The molecule has 6 rings (SSSR count). The molecule has 3 aliphatic heterocycles. The lowest BCUT2D eigenvalue weighted by Crippen LogP contribution is -2.59. The number of aromatic nitrogens is 5. The molecule has 0 radical (unpaired) electrons. The topological polar surface area (TPSA) is 244 Å².